The Kier molecular flexibility index (Phi) is 5.97. The highest BCUT2D eigenvalue weighted by atomic mass is 16.5. The molecule has 1 aromatic carbocycles. The van der Waals surface area contributed by atoms with Crippen LogP contribution < -0.4 is 15.8 Å². The van der Waals surface area contributed by atoms with Crippen molar-refractivity contribution in [1.82, 2.24) is 4.98 Å². The fraction of sp³-hybridized carbons (Fsp3) is 0.333. The lowest BCUT2D eigenvalue weighted by atomic mass is 10.2. The topological polar surface area (TPSA) is 77.2 Å². The number of nitrogen functional groups attached to an aromatic ring is 1. The Hall–Kier alpha value is -2.56. The van der Waals surface area contributed by atoms with Gasteiger partial charge in [-0.15, -0.1) is 0 Å². The Morgan fingerprint density at radius 2 is 2.09 bits per heavy atom. The van der Waals surface area contributed by atoms with Crippen LogP contribution in [0.15, 0.2) is 36.4 Å². The lowest BCUT2D eigenvalue weighted by Crippen LogP contribution is -2.15. The van der Waals surface area contributed by atoms with Crippen molar-refractivity contribution < 1.29 is 9.53 Å². The Balaban J connectivity index is 2.00. The van der Waals surface area contributed by atoms with E-state index in [0.29, 0.717) is 17.9 Å². The maximum Gasteiger partial charge on any atom is 0.259 e. The minimum Gasteiger partial charge on any atom is -0.494 e. The van der Waals surface area contributed by atoms with E-state index in [4.69, 9.17) is 10.5 Å². The predicted molar refractivity (Wildman–Crippen MR) is 92.8 cm³/mol. The van der Waals surface area contributed by atoms with Crippen LogP contribution in [0.5, 0.6) is 5.75 Å². The molecule has 0 radical (unpaired) electrons. The van der Waals surface area contributed by atoms with Crippen molar-refractivity contribution in [2.75, 3.05) is 17.7 Å². The molecule has 0 atom stereocenters. The van der Waals surface area contributed by atoms with E-state index in [0.717, 1.165) is 30.7 Å². The molecule has 0 aliphatic carbocycles. The van der Waals surface area contributed by atoms with E-state index >= 15 is 0 Å². The Morgan fingerprint density at radius 3 is 2.83 bits per heavy atom. The van der Waals surface area contributed by atoms with Crippen LogP contribution in [0, 0.1) is 6.92 Å². The van der Waals surface area contributed by atoms with Crippen LogP contribution in [0.4, 0.5) is 11.5 Å². The molecule has 2 rings (SSSR count). The number of anilines is 2. The van der Waals surface area contributed by atoms with Crippen LogP contribution in [0.25, 0.3) is 0 Å². The van der Waals surface area contributed by atoms with Gasteiger partial charge in [-0.05, 0) is 37.6 Å². The molecule has 5 heteroatoms. The number of ether oxygens (including phenoxy) is 1. The summed E-state index contributed by atoms with van der Waals surface area (Å²) in [5.41, 5.74) is 7.62. The van der Waals surface area contributed by atoms with Crippen LogP contribution >= 0.6 is 0 Å². The van der Waals surface area contributed by atoms with Crippen molar-refractivity contribution in [2.45, 2.75) is 33.1 Å². The molecule has 0 unspecified atom stereocenters. The van der Waals surface area contributed by atoms with Crippen LogP contribution in [0.2, 0.25) is 0 Å². The molecule has 1 aromatic heterocycles. The van der Waals surface area contributed by atoms with E-state index in [9.17, 15) is 4.79 Å². The van der Waals surface area contributed by atoms with Gasteiger partial charge in [0.1, 0.15) is 11.6 Å². The highest BCUT2D eigenvalue weighted by molar-refractivity contribution is 6.07. The predicted octanol–water partition coefficient (Wildman–Crippen LogP) is 3.79. The van der Waals surface area contributed by atoms with E-state index in [1.165, 1.54) is 0 Å². The van der Waals surface area contributed by atoms with Crippen molar-refractivity contribution in [3.05, 3.63) is 47.7 Å². The molecule has 5 nitrogen and oxygen atoms in total. The molecule has 0 fully saturated rings. The molecule has 1 amide bonds. The number of pyridine rings is 1. The van der Waals surface area contributed by atoms with Crippen molar-refractivity contribution in [1.29, 1.82) is 0 Å². The normalized spacial score (nSPS) is 10.3. The number of carbonyl (C=O) groups excluding carboxylic acids is 1. The largest absolute Gasteiger partial charge is 0.494 e. The number of rotatable bonds is 7. The van der Waals surface area contributed by atoms with Gasteiger partial charge in [0.15, 0.2) is 0 Å². The van der Waals surface area contributed by atoms with Crippen molar-refractivity contribution >= 4 is 17.4 Å². The third-order valence-corrected chi connectivity index (χ3v) is 3.42. The molecule has 0 saturated heterocycles. The molecular weight excluding hydrogens is 290 g/mol. The molecule has 122 valence electrons. The van der Waals surface area contributed by atoms with E-state index in [-0.39, 0.29) is 11.7 Å². The third-order valence-electron chi connectivity index (χ3n) is 3.42. The van der Waals surface area contributed by atoms with Gasteiger partial charge in [-0.25, -0.2) is 4.98 Å². The second-order valence-electron chi connectivity index (χ2n) is 5.42. The molecule has 1 heterocycles. The highest BCUT2D eigenvalue weighted by Gasteiger charge is 2.11. The molecule has 0 bridgehead atoms. The van der Waals surface area contributed by atoms with Gasteiger partial charge in [0, 0.05) is 17.4 Å². The third kappa shape index (κ3) is 4.98. The number of hydrogen-bond donors (Lipinski definition) is 2. The monoisotopic (exact) mass is 313 g/mol. The smallest absolute Gasteiger partial charge is 0.259 e. The van der Waals surface area contributed by atoms with Gasteiger partial charge in [0.25, 0.3) is 5.91 Å². The van der Waals surface area contributed by atoms with Crippen LogP contribution in [0.3, 0.4) is 0 Å². The summed E-state index contributed by atoms with van der Waals surface area (Å²) in [5.74, 6) is 0.696. The highest BCUT2D eigenvalue weighted by Crippen LogP contribution is 2.19. The minimum atomic E-state index is -0.280. The van der Waals surface area contributed by atoms with Gasteiger partial charge in [0.05, 0.1) is 12.2 Å². The number of nitrogens with zero attached hydrogens (tertiary/aromatic N) is 1. The summed E-state index contributed by atoms with van der Waals surface area (Å²) in [6, 6.07) is 10.8. The zero-order chi connectivity index (χ0) is 16.7. The van der Waals surface area contributed by atoms with Gasteiger partial charge in [-0.2, -0.15) is 0 Å². The van der Waals surface area contributed by atoms with Gasteiger partial charge in [0.2, 0.25) is 0 Å². The average Bonchev–Trinajstić information content (AvgIpc) is 2.52. The number of amides is 1. The standard InChI is InChI=1S/C18H23N3O2/c1-3-4-5-11-23-15-8-6-7-14(12-15)21-18(22)16-10-9-13(2)20-17(16)19/h6-10,12H,3-5,11H2,1-2H3,(H2,19,20)(H,21,22). The number of nitrogens with two attached hydrogens (primary N) is 1. The first-order valence-corrected chi connectivity index (χ1v) is 7.87. The maximum atomic E-state index is 12.3. The Labute approximate surface area is 136 Å². The summed E-state index contributed by atoms with van der Waals surface area (Å²) in [6.45, 7) is 4.67. The SMILES string of the molecule is CCCCCOc1cccc(NC(=O)c2ccc(C)nc2N)c1. The second-order valence-corrected chi connectivity index (χ2v) is 5.42. The first-order valence-electron chi connectivity index (χ1n) is 7.87. The zero-order valence-electron chi connectivity index (χ0n) is 13.6. The molecule has 3 N–H and O–H groups in total. The van der Waals surface area contributed by atoms with E-state index < -0.39 is 0 Å². The second kappa shape index (κ2) is 8.17. The summed E-state index contributed by atoms with van der Waals surface area (Å²) in [6.07, 6.45) is 3.33. The number of carbonyl (C=O) groups is 1. The summed E-state index contributed by atoms with van der Waals surface area (Å²) in [7, 11) is 0. The summed E-state index contributed by atoms with van der Waals surface area (Å²) >= 11 is 0. The lowest BCUT2D eigenvalue weighted by molar-refractivity contribution is 0.102. The molecular formula is C18H23N3O2. The first kappa shape index (κ1) is 16.8. The number of aryl methyl sites for hydroxylation is 1. The number of nitrogens with one attached hydrogen (secondary N) is 1. The van der Waals surface area contributed by atoms with Gasteiger partial charge in [-0.1, -0.05) is 25.8 Å². The molecule has 0 aliphatic rings. The number of unbranched alkanes of at least 4 members (excludes halogenated alkanes) is 2. The molecule has 0 spiro atoms. The number of benzene rings is 1. The lowest BCUT2D eigenvalue weighted by Gasteiger charge is -2.10. The van der Waals surface area contributed by atoms with Crippen LogP contribution in [-0.4, -0.2) is 17.5 Å². The van der Waals surface area contributed by atoms with E-state index in [2.05, 4.69) is 17.2 Å². The molecule has 2 aromatic rings. The van der Waals surface area contributed by atoms with E-state index in [1.807, 2.05) is 31.2 Å². The maximum absolute atomic E-state index is 12.3. The quantitative estimate of drug-likeness (QED) is 0.762. The fourth-order valence-corrected chi connectivity index (χ4v) is 2.17. The van der Waals surface area contributed by atoms with E-state index in [1.54, 1.807) is 12.1 Å². The Bertz CT molecular complexity index is 671. The first-order chi connectivity index (χ1) is 11.1. The fourth-order valence-electron chi connectivity index (χ4n) is 2.17. The minimum absolute atomic E-state index is 0.231. The summed E-state index contributed by atoms with van der Waals surface area (Å²) in [4.78, 5) is 16.4. The molecule has 0 saturated carbocycles. The number of hydrogen-bond acceptors (Lipinski definition) is 4. The van der Waals surface area contributed by atoms with Gasteiger partial charge >= 0.3 is 0 Å². The summed E-state index contributed by atoms with van der Waals surface area (Å²) < 4.78 is 5.69. The van der Waals surface area contributed by atoms with Crippen molar-refractivity contribution in [3.8, 4) is 5.75 Å². The molecule has 0 aliphatic heterocycles. The van der Waals surface area contributed by atoms with Crippen LogP contribution in [-0.2, 0) is 0 Å². The average molecular weight is 313 g/mol. The van der Waals surface area contributed by atoms with Crippen molar-refractivity contribution in [3.63, 3.8) is 0 Å². The zero-order valence-corrected chi connectivity index (χ0v) is 13.6. The molecule has 23 heavy (non-hydrogen) atoms. The van der Waals surface area contributed by atoms with Crippen LogP contribution in [0.1, 0.15) is 42.2 Å². The van der Waals surface area contributed by atoms with Gasteiger partial charge in [-0.3, -0.25) is 4.79 Å². The van der Waals surface area contributed by atoms with Gasteiger partial charge < -0.3 is 15.8 Å². The van der Waals surface area contributed by atoms with Crippen molar-refractivity contribution in [2.24, 2.45) is 0 Å². The Morgan fingerprint density at radius 1 is 1.26 bits per heavy atom. The summed E-state index contributed by atoms with van der Waals surface area (Å²) in [5, 5.41) is 2.82. The number of aromatic nitrogens is 1.